The average Bonchev–Trinajstić information content (AvgIpc) is 2.92. The van der Waals surface area contributed by atoms with Crippen LogP contribution in [0.25, 0.3) is 0 Å². The Morgan fingerprint density at radius 1 is 1.00 bits per heavy atom. The molecule has 0 aliphatic carbocycles. The van der Waals surface area contributed by atoms with Crippen LogP contribution in [0.3, 0.4) is 0 Å². The Kier molecular flexibility index (Phi) is 5.87. The zero-order valence-corrected chi connectivity index (χ0v) is 17.8. The molecule has 1 aliphatic heterocycles. The molecule has 5 nitrogen and oxygen atoms in total. The molecule has 0 radical (unpaired) electrons. The van der Waals surface area contributed by atoms with Gasteiger partial charge in [0.25, 0.3) is 11.8 Å². The van der Waals surface area contributed by atoms with E-state index in [0.717, 1.165) is 5.56 Å². The molecule has 0 spiro atoms. The number of anilines is 2. The Balaban J connectivity index is 1.60. The van der Waals surface area contributed by atoms with E-state index in [-0.39, 0.29) is 17.6 Å². The van der Waals surface area contributed by atoms with Crippen molar-refractivity contribution in [2.45, 2.75) is 19.8 Å². The summed E-state index contributed by atoms with van der Waals surface area (Å²) in [4.78, 5) is 39.9. The van der Waals surface area contributed by atoms with Gasteiger partial charge in [-0.2, -0.15) is 0 Å². The molecule has 6 heteroatoms. The lowest BCUT2D eigenvalue weighted by molar-refractivity contribution is 0.0973. The molecular weight excluding hydrogens is 412 g/mol. The second kappa shape index (κ2) is 8.74. The van der Waals surface area contributed by atoms with Crippen LogP contribution in [-0.4, -0.2) is 24.1 Å². The van der Waals surface area contributed by atoms with Gasteiger partial charge in [0.15, 0.2) is 5.78 Å². The molecule has 0 bridgehead atoms. The predicted octanol–water partition coefficient (Wildman–Crippen LogP) is 5.52. The van der Waals surface area contributed by atoms with Gasteiger partial charge in [-0.3, -0.25) is 14.4 Å². The van der Waals surface area contributed by atoms with E-state index in [4.69, 9.17) is 11.6 Å². The zero-order chi connectivity index (χ0) is 22.0. The van der Waals surface area contributed by atoms with Crippen molar-refractivity contribution in [1.82, 2.24) is 0 Å². The van der Waals surface area contributed by atoms with Crippen molar-refractivity contribution in [3.05, 3.63) is 94.0 Å². The SMILES string of the molecule is Cc1cc(NC(=O)c2ccccc2)ccc1C(=O)N1CCCC(=O)c2cc(Cl)ccc21. The van der Waals surface area contributed by atoms with Gasteiger partial charge in [0, 0.05) is 40.4 Å². The largest absolute Gasteiger partial charge is 0.322 e. The van der Waals surface area contributed by atoms with Gasteiger partial charge in [-0.25, -0.2) is 0 Å². The normalized spacial score (nSPS) is 13.4. The number of aryl methyl sites for hydroxylation is 1. The van der Waals surface area contributed by atoms with E-state index in [1.807, 2.05) is 13.0 Å². The Bertz CT molecular complexity index is 1170. The van der Waals surface area contributed by atoms with E-state index in [1.165, 1.54) is 0 Å². The number of hydrogen-bond acceptors (Lipinski definition) is 3. The van der Waals surface area contributed by atoms with Crippen molar-refractivity contribution in [2.24, 2.45) is 0 Å². The summed E-state index contributed by atoms with van der Waals surface area (Å²) in [6.45, 7) is 2.28. The molecule has 0 fully saturated rings. The van der Waals surface area contributed by atoms with Crippen molar-refractivity contribution >= 4 is 40.6 Å². The lowest BCUT2D eigenvalue weighted by atomic mass is 10.0. The monoisotopic (exact) mass is 432 g/mol. The second-order valence-electron chi connectivity index (χ2n) is 7.49. The molecule has 0 saturated carbocycles. The predicted molar refractivity (Wildman–Crippen MR) is 122 cm³/mol. The third-order valence-electron chi connectivity index (χ3n) is 5.33. The second-order valence-corrected chi connectivity index (χ2v) is 7.93. The number of amides is 2. The third-order valence-corrected chi connectivity index (χ3v) is 5.57. The van der Waals surface area contributed by atoms with Crippen LogP contribution in [0, 0.1) is 6.92 Å². The van der Waals surface area contributed by atoms with Crippen LogP contribution >= 0.6 is 11.6 Å². The number of carbonyl (C=O) groups is 3. The molecule has 0 aromatic heterocycles. The van der Waals surface area contributed by atoms with Crippen molar-refractivity contribution in [1.29, 1.82) is 0 Å². The maximum Gasteiger partial charge on any atom is 0.258 e. The third kappa shape index (κ3) is 4.37. The maximum atomic E-state index is 13.4. The van der Waals surface area contributed by atoms with Crippen molar-refractivity contribution in [3.63, 3.8) is 0 Å². The highest BCUT2D eigenvalue weighted by Gasteiger charge is 2.27. The minimum absolute atomic E-state index is 0.0107. The number of fused-ring (bicyclic) bond motifs is 1. The fourth-order valence-electron chi connectivity index (χ4n) is 3.75. The Morgan fingerprint density at radius 2 is 1.77 bits per heavy atom. The minimum Gasteiger partial charge on any atom is -0.322 e. The first-order chi connectivity index (χ1) is 14.9. The summed E-state index contributed by atoms with van der Waals surface area (Å²) in [5, 5.41) is 3.33. The van der Waals surface area contributed by atoms with Crippen LogP contribution in [0.15, 0.2) is 66.7 Å². The van der Waals surface area contributed by atoms with Gasteiger partial charge in [0.1, 0.15) is 0 Å². The maximum absolute atomic E-state index is 13.4. The number of nitrogens with one attached hydrogen (secondary N) is 1. The molecule has 0 atom stereocenters. The number of ketones is 1. The van der Waals surface area contributed by atoms with E-state index in [9.17, 15) is 14.4 Å². The molecule has 2 amide bonds. The molecule has 0 unspecified atom stereocenters. The van der Waals surface area contributed by atoms with Crippen LogP contribution in [0.5, 0.6) is 0 Å². The molecule has 31 heavy (non-hydrogen) atoms. The van der Waals surface area contributed by atoms with E-state index in [1.54, 1.807) is 65.6 Å². The Hall–Kier alpha value is -3.44. The fraction of sp³-hybridized carbons (Fsp3) is 0.160. The standard InChI is InChI=1S/C25H21ClN2O3/c1-16-14-19(27-24(30)17-6-3-2-4-7-17)10-11-20(16)25(31)28-13-5-8-23(29)21-15-18(26)9-12-22(21)28/h2-4,6-7,9-12,14-15H,5,8,13H2,1H3,(H,27,30). The molecule has 3 aromatic rings. The van der Waals surface area contributed by atoms with Crippen LogP contribution in [0.2, 0.25) is 5.02 Å². The molecule has 0 saturated heterocycles. The number of benzene rings is 3. The Labute approximate surface area is 185 Å². The first-order valence-corrected chi connectivity index (χ1v) is 10.4. The number of rotatable bonds is 3. The number of nitrogens with zero attached hydrogens (tertiary/aromatic N) is 1. The highest BCUT2D eigenvalue weighted by Crippen LogP contribution is 2.31. The highest BCUT2D eigenvalue weighted by atomic mass is 35.5. The summed E-state index contributed by atoms with van der Waals surface area (Å²) >= 11 is 6.08. The summed E-state index contributed by atoms with van der Waals surface area (Å²) in [6, 6.07) is 19.2. The minimum atomic E-state index is -0.212. The number of hydrogen-bond donors (Lipinski definition) is 1. The quantitative estimate of drug-likeness (QED) is 0.592. The van der Waals surface area contributed by atoms with Gasteiger partial charge in [0.05, 0.1) is 5.69 Å². The molecule has 4 rings (SSSR count). The lowest BCUT2D eigenvalue weighted by Crippen LogP contribution is -2.32. The first-order valence-electron chi connectivity index (χ1n) is 10.1. The van der Waals surface area contributed by atoms with E-state index in [0.29, 0.717) is 52.5 Å². The topological polar surface area (TPSA) is 66.5 Å². The number of Topliss-reactive ketones (excluding diaryl/α,β-unsaturated/α-hetero) is 1. The lowest BCUT2D eigenvalue weighted by Gasteiger charge is -2.23. The van der Waals surface area contributed by atoms with Gasteiger partial charge in [-0.05, 0) is 67.4 Å². The van der Waals surface area contributed by atoms with Crippen molar-refractivity contribution in [3.8, 4) is 0 Å². The molecule has 1 N–H and O–H groups in total. The van der Waals surface area contributed by atoms with Crippen molar-refractivity contribution in [2.75, 3.05) is 16.8 Å². The Morgan fingerprint density at radius 3 is 2.52 bits per heavy atom. The van der Waals surface area contributed by atoms with Crippen LogP contribution < -0.4 is 10.2 Å². The van der Waals surface area contributed by atoms with Gasteiger partial charge >= 0.3 is 0 Å². The summed E-state index contributed by atoms with van der Waals surface area (Å²) in [6.07, 6.45) is 0.960. The first kappa shape index (κ1) is 20.8. The summed E-state index contributed by atoms with van der Waals surface area (Å²) in [5.41, 5.74) is 3.49. The van der Waals surface area contributed by atoms with E-state index >= 15 is 0 Å². The van der Waals surface area contributed by atoms with Crippen LogP contribution in [-0.2, 0) is 0 Å². The fourth-order valence-corrected chi connectivity index (χ4v) is 3.92. The van der Waals surface area contributed by atoms with Gasteiger partial charge < -0.3 is 10.2 Å². The van der Waals surface area contributed by atoms with Gasteiger partial charge in [0.2, 0.25) is 0 Å². The molecule has 3 aromatic carbocycles. The van der Waals surface area contributed by atoms with E-state index in [2.05, 4.69) is 5.32 Å². The number of halogens is 1. The van der Waals surface area contributed by atoms with Crippen LogP contribution in [0.1, 0.15) is 49.5 Å². The van der Waals surface area contributed by atoms with Gasteiger partial charge in [-0.15, -0.1) is 0 Å². The zero-order valence-electron chi connectivity index (χ0n) is 17.0. The summed E-state index contributed by atoms with van der Waals surface area (Å²) in [5.74, 6) is -0.406. The number of carbonyl (C=O) groups excluding carboxylic acids is 3. The molecular formula is C25H21ClN2O3. The van der Waals surface area contributed by atoms with Crippen molar-refractivity contribution < 1.29 is 14.4 Å². The summed E-state index contributed by atoms with van der Waals surface area (Å²) < 4.78 is 0. The molecule has 1 aliphatic rings. The van der Waals surface area contributed by atoms with Gasteiger partial charge in [-0.1, -0.05) is 29.8 Å². The highest BCUT2D eigenvalue weighted by molar-refractivity contribution is 6.31. The van der Waals surface area contributed by atoms with Crippen LogP contribution in [0.4, 0.5) is 11.4 Å². The smallest absolute Gasteiger partial charge is 0.258 e. The summed E-state index contributed by atoms with van der Waals surface area (Å²) in [7, 11) is 0. The molecule has 1 heterocycles. The average molecular weight is 433 g/mol. The van der Waals surface area contributed by atoms with E-state index < -0.39 is 0 Å². The molecule has 156 valence electrons.